The molecule has 0 spiro atoms. The topological polar surface area (TPSA) is 0 Å². The molecule has 13 heavy (non-hydrogen) atoms. The van der Waals surface area contributed by atoms with Gasteiger partial charge < -0.3 is 0 Å². The molecule has 0 nitrogen and oxygen atoms in total. The van der Waals surface area contributed by atoms with Crippen molar-refractivity contribution in [3.63, 3.8) is 0 Å². The van der Waals surface area contributed by atoms with E-state index < -0.39 is 0 Å². The largest absolute Gasteiger partial charge is 0.205 e. The lowest BCUT2D eigenvalue weighted by Crippen LogP contribution is -1.97. The van der Waals surface area contributed by atoms with Crippen molar-refractivity contribution in [1.82, 2.24) is 0 Å². The van der Waals surface area contributed by atoms with E-state index in [0.717, 1.165) is 18.4 Å². The Morgan fingerprint density at radius 2 is 2.15 bits per heavy atom. The van der Waals surface area contributed by atoms with Gasteiger partial charge in [-0.25, -0.2) is 4.39 Å². The summed E-state index contributed by atoms with van der Waals surface area (Å²) in [5, 5.41) is 0. The summed E-state index contributed by atoms with van der Waals surface area (Å²) in [5.74, 6) is -0.129. The van der Waals surface area contributed by atoms with E-state index in [-0.39, 0.29) is 5.82 Å². The number of hydrogen-bond acceptors (Lipinski definition) is 0. The van der Waals surface area contributed by atoms with Crippen molar-refractivity contribution in [3.8, 4) is 0 Å². The van der Waals surface area contributed by atoms with E-state index in [1.54, 1.807) is 6.07 Å². The Labute approximate surface area is 94.8 Å². The smallest absolute Gasteiger partial charge is 0.140 e. The van der Waals surface area contributed by atoms with Crippen LogP contribution in [0.1, 0.15) is 18.9 Å². The number of benzene rings is 1. The molecule has 0 bridgehead atoms. The zero-order valence-electron chi connectivity index (χ0n) is 7.36. The Bertz CT molecular complexity index is 284. The minimum atomic E-state index is -0.129. The van der Waals surface area contributed by atoms with Gasteiger partial charge in [0.05, 0.1) is 4.47 Å². The van der Waals surface area contributed by atoms with Crippen LogP contribution < -0.4 is 0 Å². The molecular weight excluding hydrogens is 299 g/mol. The molecule has 0 aliphatic carbocycles. The van der Waals surface area contributed by atoms with Crippen molar-refractivity contribution in [2.45, 2.75) is 24.6 Å². The highest BCUT2D eigenvalue weighted by Crippen LogP contribution is 2.20. The fourth-order valence-corrected chi connectivity index (χ4v) is 1.73. The average Bonchev–Trinajstić information content (AvgIpc) is 2.07. The molecular formula is C10H11Br2F. The summed E-state index contributed by atoms with van der Waals surface area (Å²) >= 11 is 6.61. The average molecular weight is 310 g/mol. The summed E-state index contributed by atoms with van der Waals surface area (Å²) in [4.78, 5) is 0.436. The van der Waals surface area contributed by atoms with Crippen LogP contribution in [0.3, 0.4) is 0 Å². The third kappa shape index (κ3) is 3.39. The predicted molar refractivity (Wildman–Crippen MR) is 60.8 cm³/mol. The first-order valence-electron chi connectivity index (χ1n) is 4.18. The number of aryl methyl sites for hydroxylation is 1. The van der Waals surface area contributed by atoms with E-state index in [2.05, 4.69) is 38.8 Å². The normalized spacial score (nSPS) is 12.9. The standard InChI is InChI=1S/C10H11Br2F/c1-7(11)5-6-8-3-2-4-9(12)10(8)13/h2-4,7H,5-6H2,1H3. The van der Waals surface area contributed by atoms with Gasteiger partial charge >= 0.3 is 0 Å². The molecule has 1 rings (SSSR count). The van der Waals surface area contributed by atoms with Crippen molar-refractivity contribution in [2.75, 3.05) is 0 Å². The molecule has 3 heteroatoms. The summed E-state index contributed by atoms with van der Waals surface area (Å²) in [6.07, 6.45) is 1.73. The third-order valence-electron chi connectivity index (χ3n) is 1.84. The fraction of sp³-hybridized carbons (Fsp3) is 0.400. The van der Waals surface area contributed by atoms with Crippen LogP contribution in [0.4, 0.5) is 4.39 Å². The van der Waals surface area contributed by atoms with E-state index in [4.69, 9.17) is 0 Å². The maximum absolute atomic E-state index is 13.4. The molecule has 1 unspecified atom stereocenters. The van der Waals surface area contributed by atoms with Gasteiger partial charge in [-0.05, 0) is 40.4 Å². The van der Waals surface area contributed by atoms with Gasteiger partial charge in [-0.3, -0.25) is 0 Å². The SMILES string of the molecule is CC(Br)CCc1cccc(Br)c1F. The van der Waals surface area contributed by atoms with Crippen LogP contribution in [-0.4, -0.2) is 4.83 Å². The van der Waals surface area contributed by atoms with Crippen LogP contribution in [0.15, 0.2) is 22.7 Å². The quantitative estimate of drug-likeness (QED) is 0.730. The maximum atomic E-state index is 13.4. The zero-order valence-corrected chi connectivity index (χ0v) is 10.5. The highest BCUT2D eigenvalue weighted by Gasteiger charge is 2.06. The fourth-order valence-electron chi connectivity index (χ4n) is 1.10. The molecule has 72 valence electrons. The molecule has 0 aromatic heterocycles. The van der Waals surface area contributed by atoms with E-state index in [1.807, 2.05) is 12.1 Å². The van der Waals surface area contributed by atoms with Crippen LogP contribution in [-0.2, 0) is 6.42 Å². The first-order chi connectivity index (χ1) is 6.11. The van der Waals surface area contributed by atoms with Crippen LogP contribution in [0.2, 0.25) is 0 Å². The molecule has 0 radical (unpaired) electrons. The Kier molecular flexibility index (Phi) is 4.39. The molecule has 0 saturated carbocycles. The lowest BCUT2D eigenvalue weighted by atomic mass is 10.1. The van der Waals surface area contributed by atoms with Gasteiger partial charge in [0.15, 0.2) is 0 Å². The Morgan fingerprint density at radius 3 is 2.77 bits per heavy atom. The maximum Gasteiger partial charge on any atom is 0.140 e. The monoisotopic (exact) mass is 308 g/mol. The molecule has 0 amide bonds. The second kappa shape index (κ2) is 5.11. The molecule has 0 saturated heterocycles. The van der Waals surface area contributed by atoms with Crippen molar-refractivity contribution < 1.29 is 4.39 Å². The minimum Gasteiger partial charge on any atom is -0.205 e. The van der Waals surface area contributed by atoms with Crippen molar-refractivity contribution in [2.24, 2.45) is 0 Å². The number of rotatable bonds is 3. The first-order valence-corrected chi connectivity index (χ1v) is 5.89. The molecule has 0 fully saturated rings. The summed E-state index contributed by atoms with van der Waals surface area (Å²) in [7, 11) is 0. The van der Waals surface area contributed by atoms with Gasteiger partial charge in [0.1, 0.15) is 5.82 Å². The Hall–Kier alpha value is 0.110. The summed E-state index contributed by atoms with van der Waals surface area (Å²) in [5.41, 5.74) is 0.778. The number of halogens is 3. The lowest BCUT2D eigenvalue weighted by molar-refractivity contribution is 0.598. The van der Waals surface area contributed by atoms with E-state index in [9.17, 15) is 4.39 Å². The van der Waals surface area contributed by atoms with E-state index >= 15 is 0 Å². The van der Waals surface area contributed by atoms with E-state index in [0.29, 0.717) is 9.30 Å². The Balaban J connectivity index is 2.71. The molecule has 0 aliphatic rings. The zero-order chi connectivity index (χ0) is 9.84. The first kappa shape index (κ1) is 11.2. The van der Waals surface area contributed by atoms with Crippen molar-refractivity contribution >= 4 is 31.9 Å². The van der Waals surface area contributed by atoms with Gasteiger partial charge in [-0.2, -0.15) is 0 Å². The van der Waals surface area contributed by atoms with Gasteiger partial charge in [0.25, 0.3) is 0 Å². The highest BCUT2D eigenvalue weighted by atomic mass is 79.9. The number of hydrogen-bond donors (Lipinski definition) is 0. The molecule has 0 N–H and O–H groups in total. The Morgan fingerprint density at radius 1 is 1.46 bits per heavy atom. The molecule has 1 aromatic rings. The van der Waals surface area contributed by atoms with Crippen LogP contribution in [0.25, 0.3) is 0 Å². The second-order valence-corrected chi connectivity index (χ2v) is 5.45. The minimum absolute atomic E-state index is 0.129. The molecule has 1 atom stereocenters. The van der Waals surface area contributed by atoms with Crippen LogP contribution in [0, 0.1) is 5.82 Å². The van der Waals surface area contributed by atoms with Gasteiger partial charge in [-0.1, -0.05) is 35.0 Å². The van der Waals surface area contributed by atoms with Gasteiger partial charge in [0.2, 0.25) is 0 Å². The second-order valence-electron chi connectivity index (χ2n) is 3.03. The summed E-state index contributed by atoms with van der Waals surface area (Å²) in [6.45, 7) is 2.07. The van der Waals surface area contributed by atoms with Gasteiger partial charge in [0, 0.05) is 4.83 Å². The lowest BCUT2D eigenvalue weighted by Gasteiger charge is -2.05. The summed E-state index contributed by atoms with van der Waals surface area (Å²) in [6, 6.07) is 5.41. The van der Waals surface area contributed by atoms with Crippen molar-refractivity contribution in [3.05, 3.63) is 34.1 Å². The molecule has 0 heterocycles. The van der Waals surface area contributed by atoms with Gasteiger partial charge in [-0.15, -0.1) is 0 Å². The number of alkyl halides is 1. The van der Waals surface area contributed by atoms with Crippen LogP contribution in [0.5, 0.6) is 0 Å². The van der Waals surface area contributed by atoms with Crippen molar-refractivity contribution in [1.29, 1.82) is 0 Å². The predicted octanol–water partition coefficient (Wildman–Crippen LogP) is 4.30. The highest BCUT2D eigenvalue weighted by molar-refractivity contribution is 9.10. The van der Waals surface area contributed by atoms with Crippen LogP contribution >= 0.6 is 31.9 Å². The molecule has 1 aromatic carbocycles. The van der Waals surface area contributed by atoms with E-state index in [1.165, 1.54) is 0 Å². The molecule has 0 aliphatic heterocycles. The summed E-state index contributed by atoms with van der Waals surface area (Å²) < 4.78 is 13.9. The third-order valence-corrected chi connectivity index (χ3v) is 2.91.